The van der Waals surface area contributed by atoms with Crippen LogP contribution in [0.3, 0.4) is 0 Å². The third-order valence-corrected chi connectivity index (χ3v) is 5.04. The standard InChI is InChI=1S/C24H22O/c1-4-16(2)23-20-12-7-8-14-21(20)25-22-15-9-13-19(24(22)23)18-11-6-5-10-17(18)3/h5-15H,4H2,1-3H3/b23-16+. The molecule has 0 atom stereocenters. The van der Waals surface area contributed by atoms with Gasteiger partial charge < -0.3 is 4.74 Å². The van der Waals surface area contributed by atoms with Gasteiger partial charge in [0, 0.05) is 11.1 Å². The van der Waals surface area contributed by atoms with Crippen LogP contribution in [0.5, 0.6) is 11.5 Å². The van der Waals surface area contributed by atoms with Crippen molar-refractivity contribution in [1.82, 2.24) is 0 Å². The molecule has 1 aliphatic heterocycles. The summed E-state index contributed by atoms with van der Waals surface area (Å²) in [5.74, 6) is 1.89. The van der Waals surface area contributed by atoms with Gasteiger partial charge in [0.25, 0.3) is 0 Å². The van der Waals surface area contributed by atoms with Gasteiger partial charge in [-0.3, -0.25) is 0 Å². The van der Waals surface area contributed by atoms with E-state index >= 15 is 0 Å². The second-order valence-electron chi connectivity index (χ2n) is 6.60. The summed E-state index contributed by atoms with van der Waals surface area (Å²) in [6.45, 7) is 6.62. The van der Waals surface area contributed by atoms with Crippen molar-refractivity contribution < 1.29 is 4.74 Å². The first-order valence-electron chi connectivity index (χ1n) is 8.87. The lowest BCUT2D eigenvalue weighted by Gasteiger charge is -2.27. The van der Waals surface area contributed by atoms with Crippen molar-refractivity contribution in [1.29, 1.82) is 0 Å². The normalized spacial score (nSPS) is 14.4. The summed E-state index contributed by atoms with van der Waals surface area (Å²) >= 11 is 0. The Morgan fingerprint density at radius 1 is 0.760 bits per heavy atom. The van der Waals surface area contributed by atoms with Gasteiger partial charge >= 0.3 is 0 Å². The Labute approximate surface area is 149 Å². The molecule has 1 nitrogen and oxygen atoms in total. The average molecular weight is 326 g/mol. The maximum atomic E-state index is 6.27. The zero-order valence-electron chi connectivity index (χ0n) is 15.0. The maximum Gasteiger partial charge on any atom is 0.135 e. The number of hydrogen-bond acceptors (Lipinski definition) is 1. The van der Waals surface area contributed by atoms with E-state index in [0.29, 0.717) is 0 Å². The van der Waals surface area contributed by atoms with Crippen molar-refractivity contribution in [3.05, 3.63) is 89.0 Å². The fraction of sp³-hybridized carbons (Fsp3) is 0.167. The Morgan fingerprint density at radius 2 is 1.40 bits per heavy atom. The van der Waals surface area contributed by atoms with Gasteiger partial charge in [0.1, 0.15) is 11.5 Å². The summed E-state index contributed by atoms with van der Waals surface area (Å²) in [6, 6.07) is 23.3. The van der Waals surface area contributed by atoms with Crippen LogP contribution >= 0.6 is 0 Å². The molecule has 4 rings (SSSR count). The quantitative estimate of drug-likeness (QED) is 0.385. The van der Waals surface area contributed by atoms with E-state index in [0.717, 1.165) is 17.9 Å². The number of benzene rings is 3. The number of fused-ring (bicyclic) bond motifs is 2. The molecule has 0 aromatic heterocycles. The first-order valence-corrected chi connectivity index (χ1v) is 8.87. The first kappa shape index (κ1) is 15.7. The van der Waals surface area contributed by atoms with E-state index in [1.807, 2.05) is 6.07 Å². The highest BCUT2D eigenvalue weighted by Crippen LogP contribution is 2.49. The minimum Gasteiger partial charge on any atom is -0.456 e. The highest BCUT2D eigenvalue weighted by Gasteiger charge is 2.26. The Bertz CT molecular complexity index is 979. The zero-order chi connectivity index (χ0) is 17.4. The Morgan fingerprint density at radius 3 is 2.16 bits per heavy atom. The van der Waals surface area contributed by atoms with Gasteiger partial charge in [-0.2, -0.15) is 0 Å². The highest BCUT2D eigenvalue weighted by atomic mass is 16.5. The van der Waals surface area contributed by atoms with Gasteiger partial charge in [0.2, 0.25) is 0 Å². The number of ether oxygens (including phenoxy) is 1. The van der Waals surface area contributed by atoms with E-state index in [-0.39, 0.29) is 0 Å². The summed E-state index contributed by atoms with van der Waals surface area (Å²) < 4.78 is 6.27. The first-order chi connectivity index (χ1) is 12.2. The molecular formula is C24H22O. The third kappa shape index (κ3) is 2.56. The van der Waals surface area contributed by atoms with E-state index in [4.69, 9.17) is 4.74 Å². The van der Waals surface area contributed by atoms with Crippen LogP contribution in [-0.2, 0) is 0 Å². The lowest BCUT2D eigenvalue weighted by molar-refractivity contribution is 0.474. The number of para-hydroxylation sites is 1. The monoisotopic (exact) mass is 326 g/mol. The van der Waals surface area contributed by atoms with Crippen LogP contribution in [0.2, 0.25) is 0 Å². The minimum absolute atomic E-state index is 0.944. The summed E-state index contributed by atoms with van der Waals surface area (Å²) in [5, 5.41) is 0. The van der Waals surface area contributed by atoms with Gasteiger partial charge in [-0.1, -0.05) is 67.1 Å². The third-order valence-electron chi connectivity index (χ3n) is 5.04. The molecule has 1 heterocycles. The predicted octanol–water partition coefficient (Wildman–Crippen LogP) is 7.00. The summed E-state index contributed by atoms with van der Waals surface area (Å²) in [7, 11) is 0. The molecule has 0 saturated heterocycles. The SMILES string of the molecule is CC/C(C)=C1\c2ccccc2Oc2cccc(-c3ccccc3C)c21. The van der Waals surface area contributed by atoms with Crippen LogP contribution < -0.4 is 4.74 Å². The van der Waals surface area contributed by atoms with E-state index in [9.17, 15) is 0 Å². The summed E-state index contributed by atoms with van der Waals surface area (Å²) in [4.78, 5) is 0. The van der Waals surface area contributed by atoms with Gasteiger partial charge in [-0.15, -0.1) is 0 Å². The molecule has 0 aliphatic carbocycles. The smallest absolute Gasteiger partial charge is 0.135 e. The fourth-order valence-corrected chi connectivity index (χ4v) is 3.61. The van der Waals surface area contributed by atoms with Crippen molar-refractivity contribution >= 4 is 5.57 Å². The Balaban J connectivity index is 2.06. The van der Waals surface area contributed by atoms with Crippen molar-refractivity contribution in [2.45, 2.75) is 27.2 Å². The largest absolute Gasteiger partial charge is 0.456 e. The Kier molecular flexibility index (Phi) is 3.93. The lowest BCUT2D eigenvalue weighted by atomic mass is 9.84. The molecule has 1 heteroatoms. The van der Waals surface area contributed by atoms with Crippen LogP contribution in [-0.4, -0.2) is 0 Å². The number of allylic oxidation sites excluding steroid dienone is 1. The molecule has 124 valence electrons. The number of rotatable bonds is 2. The number of hydrogen-bond donors (Lipinski definition) is 0. The van der Waals surface area contributed by atoms with Crippen molar-refractivity contribution in [2.24, 2.45) is 0 Å². The molecule has 3 aromatic rings. The second kappa shape index (κ2) is 6.25. The molecular weight excluding hydrogens is 304 g/mol. The molecule has 0 fully saturated rings. The fourth-order valence-electron chi connectivity index (χ4n) is 3.61. The van der Waals surface area contributed by atoms with Crippen LogP contribution in [0.1, 0.15) is 37.0 Å². The molecule has 0 radical (unpaired) electrons. The van der Waals surface area contributed by atoms with E-state index in [2.05, 4.69) is 81.4 Å². The highest BCUT2D eigenvalue weighted by molar-refractivity contribution is 5.96. The average Bonchev–Trinajstić information content (AvgIpc) is 2.65. The molecule has 0 bridgehead atoms. The molecule has 25 heavy (non-hydrogen) atoms. The predicted molar refractivity (Wildman–Crippen MR) is 105 cm³/mol. The van der Waals surface area contributed by atoms with Crippen LogP contribution in [0.4, 0.5) is 0 Å². The van der Waals surface area contributed by atoms with Gasteiger partial charge in [0.05, 0.1) is 0 Å². The van der Waals surface area contributed by atoms with Gasteiger partial charge in [-0.05, 0) is 54.7 Å². The molecule has 0 amide bonds. The zero-order valence-corrected chi connectivity index (χ0v) is 15.0. The van der Waals surface area contributed by atoms with Crippen molar-refractivity contribution in [2.75, 3.05) is 0 Å². The van der Waals surface area contributed by atoms with E-state index < -0.39 is 0 Å². The summed E-state index contributed by atoms with van der Waals surface area (Å²) in [6.07, 6.45) is 1.02. The maximum absolute atomic E-state index is 6.27. The molecule has 1 aliphatic rings. The van der Waals surface area contributed by atoms with Crippen molar-refractivity contribution in [3.8, 4) is 22.6 Å². The molecule has 0 unspecified atom stereocenters. The minimum atomic E-state index is 0.944. The lowest BCUT2D eigenvalue weighted by Crippen LogP contribution is -2.06. The van der Waals surface area contributed by atoms with E-state index in [1.165, 1.54) is 39.0 Å². The van der Waals surface area contributed by atoms with E-state index in [1.54, 1.807) is 0 Å². The molecule has 3 aromatic carbocycles. The second-order valence-corrected chi connectivity index (χ2v) is 6.60. The van der Waals surface area contributed by atoms with Crippen molar-refractivity contribution in [3.63, 3.8) is 0 Å². The van der Waals surface area contributed by atoms with Gasteiger partial charge in [-0.25, -0.2) is 0 Å². The van der Waals surface area contributed by atoms with Crippen LogP contribution in [0.15, 0.2) is 72.3 Å². The summed E-state index contributed by atoms with van der Waals surface area (Å²) in [5.41, 5.74) is 8.90. The topological polar surface area (TPSA) is 9.23 Å². The molecule has 0 N–H and O–H groups in total. The van der Waals surface area contributed by atoms with Crippen LogP contribution in [0.25, 0.3) is 16.7 Å². The molecule has 0 saturated carbocycles. The van der Waals surface area contributed by atoms with Gasteiger partial charge in [0.15, 0.2) is 0 Å². The number of aryl methyl sites for hydroxylation is 1. The Hall–Kier alpha value is -2.80. The molecule has 0 spiro atoms. The van der Waals surface area contributed by atoms with Crippen LogP contribution in [0, 0.1) is 6.92 Å².